The van der Waals surface area contributed by atoms with Crippen LogP contribution < -0.4 is 9.57 Å². The van der Waals surface area contributed by atoms with Gasteiger partial charge >= 0.3 is 11.9 Å². The molecule has 6 rings (SSSR count). The highest BCUT2D eigenvalue weighted by Crippen LogP contribution is 2.64. The Morgan fingerprint density at radius 3 is 1.91 bits per heavy atom. The van der Waals surface area contributed by atoms with Gasteiger partial charge in [0.1, 0.15) is 10.0 Å². The molecule has 1 aromatic heterocycles. The smallest absolute Gasteiger partial charge is 0.341 e. The summed E-state index contributed by atoms with van der Waals surface area (Å²) in [7, 11) is 0. The monoisotopic (exact) mass is 747 g/mol. The molecule has 2 aliphatic heterocycles. The summed E-state index contributed by atoms with van der Waals surface area (Å²) in [5, 5.41) is 39.4. The summed E-state index contributed by atoms with van der Waals surface area (Å²) in [6, 6.07) is 6.51. The molecule has 3 aromatic carbocycles. The normalized spacial score (nSPS) is 14.0. The maximum Gasteiger partial charge on any atom is 0.341 e. The predicted molar refractivity (Wildman–Crippen MR) is 170 cm³/mol. The highest BCUT2D eigenvalue weighted by atomic mass is 35.5. The van der Waals surface area contributed by atoms with Gasteiger partial charge in [0, 0.05) is 24.1 Å². The molecule has 2 aliphatic rings. The number of nitrogens with zero attached hydrogens (tertiary/aromatic N) is 1. The molecule has 0 atom stereocenters. The number of aryl methyl sites for hydroxylation is 1. The molecular formula is C30H19Cl6NO9. The van der Waals surface area contributed by atoms with Crippen molar-refractivity contribution >= 4 is 81.5 Å². The topological polar surface area (TPSA) is 148 Å². The highest BCUT2D eigenvalue weighted by molar-refractivity contribution is 6.40. The summed E-state index contributed by atoms with van der Waals surface area (Å²) in [5.74, 6) is -3.70. The number of benzene rings is 3. The number of carbonyl (C=O) groups is 2. The number of phenols is 2. The van der Waals surface area contributed by atoms with Crippen LogP contribution in [0.3, 0.4) is 0 Å². The first-order valence-electron chi connectivity index (χ1n) is 13.4. The molecule has 10 nitrogen and oxygen atoms in total. The predicted octanol–water partition coefficient (Wildman–Crippen LogP) is 8.56. The molecule has 46 heavy (non-hydrogen) atoms. The van der Waals surface area contributed by atoms with Gasteiger partial charge in [-0.05, 0) is 43.0 Å². The fraction of sp³-hybridized carbons (Fsp3) is 0.200. The van der Waals surface area contributed by atoms with E-state index in [4.69, 9.17) is 83.9 Å². The zero-order valence-corrected chi connectivity index (χ0v) is 27.5. The van der Waals surface area contributed by atoms with E-state index >= 15 is 0 Å². The van der Waals surface area contributed by atoms with Crippen molar-refractivity contribution in [3.63, 3.8) is 0 Å². The lowest BCUT2D eigenvalue weighted by Crippen LogP contribution is -2.33. The Bertz CT molecular complexity index is 1890. The van der Waals surface area contributed by atoms with Gasteiger partial charge in [0.25, 0.3) is 0 Å². The molecule has 3 heterocycles. The molecule has 4 aromatic rings. The molecule has 0 saturated heterocycles. The Kier molecular flexibility index (Phi) is 8.50. The molecular weight excluding hydrogens is 731 g/mol. The van der Waals surface area contributed by atoms with Gasteiger partial charge in [-0.2, -0.15) is 0 Å². The number of hydrogen-bond acceptors (Lipinski definition) is 9. The Hall–Kier alpha value is -3.38. The lowest BCUT2D eigenvalue weighted by molar-refractivity contribution is -0.145. The third-order valence-corrected chi connectivity index (χ3v) is 9.68. The minimum Gasteiger partial charge on any atom is -0.505 e. The van der Waals surface area contributed by atoms with Gasteiger partial charge in [-0.15, -0.1) is 4.73 Å². The summed E-state index contributed by atoms with van der Waals surface area (Å²) < 4.78 is 12.7. The van der Waals surface area contributed by atoms with E-state index in [0.29, 0.717) is 36.0 Å². The van der Waals surface area contributed by atoms with Crippen molar-refractivity contribution in [1.29, 1.82) is 0 Å². The quantitative estimate of drug-likeness (QED) is 0.108. The van der Waals surface area contributed by atoms with E-state index in [0.717, 1.165) is 0 Å². The highest BCUT2D eigenvalue weighted by Gasteiger charge is 2.57. The van der Waals surface area contributed by atoms with Gasteiger partial charge in [0.05, 0.1) is 36.8 Å². The second-order valence-electron chi connectivity index (χ2n) is 10.4. The Morgan fingerprint density at radius 1 is 0.783 bits per heavy atom. The molecule has 240 valence electrons. The maximum absolute atomic E-state index is 13.5. The molecule has 0 unspecified atom stereocenters. The number of fused-ring (bicyclic) bond motifs is 6. The Morgan fingerprint density at radius 2 is 1.35 bits per heavy atom. The number of esters is 1. The van der Waals surface area contributed by atoms with Gasteiger partial charge in [-0.1, -0.05) is 76.0 Å². The van der Waals surface area contributed by atoms with E-state index in [1.807, 2.05) is 0 Å². The molecule has 0 amide bonds. The summed E-state index contributed by atoms with van der Waals surface area (Å²) in [5.41, 5.74) is -1.13. The zero-order valence-electron chi connectivity index (χ0n) is 23.0. The number of carbonyl (C=O) groups excluding carboxylic acids is 2. The third kappa shape index (κ3) is 5.03. The van der Waals surface area contributed by atoms with Crippen molar-refractivity contribution in [3.8, 4) is 34.8 Å². The summed E-state index contributed by atoms with van der Waals surface area (Å²) >= 11 is 39.3. The van der Waals surface area contributed by atoms with Crippen molar-refractivity contribution in [2.75, 3.05) is 0 Å². The van der Waals surface area contributed by atoms with E-state index in [9.17, 15) is 30.0 Å². The van der Waals surface area contributed by atoms with Crippen LogP contribution in [0.4, 0.5) is 0 Å². The fourth-order valence-electron chi connectivity index (χ4n) is 5.57. The molecule has 1 spiro atoms. The first kappa shape index (κ1) is 32.6. The van der Waals surface area contributed by atoms with E-state index in [1.54, 1.807) is 6.07 Å². The first-order chi connectivity index (χ1) is 21.8. The fourth-order valence-corrected chi connectivity index (χ4v) is 7.24. The van der Waals surface area contributed by atoms with Crippen molar-refractivity contribution in [1.82, 2.24) is 4.73 Å². The van der Waals surface area contributed by atoms with Crippen LogP contribution >= 0.6 is 69.6 Å². The number of aromatic nitrogens is 1. The van der Waals surface area contributed by atoms with Crippen LogP contribution in [-0.2, 0) is 21.6 Å². The second kappa shape index (κ2) is 12.0. The zero-order chi connectivity index (χ0) is 33.2. The molecule has 0 bridgehead atoms. The lowest BCUT2D eigenvalue weighted by Gasteiger charge is -2.38. The van der Waals surface area contributed by atoms with Crippen molar-refractivity contribution in [2.24, 2.45) is 0 Å². The molecule has 0 radical (unpaired) electrons. The minimum atomic E-state index is -1.92. The summed E-state index contributed by atoms with van der Waals surface area (Å²) in [6.45, 7) is 0. The number of aromatic hydroxyl groups is 4. The second-order valence-corrected chi connectivity index (χ2v) is 12.8. The Labute approximate surface area is 290 Å². The number of ether oxygens (including phenoxy) is 2. The summed E-state index contributed by atoms with van der Waals surface area (Å²) in [6.07, 6.45) is 1.82. The minimum absolute atomic E-state index is 0.00249. The first-order valence-corrected chi connectivity index (χ1v) is 15.7. The number of halogens is 6. The van der Waals surface area contributed by atoms with Gasteiger partial charge in [-0.3, -0.25) is 0 Å². The van der Waals surface area contributed by atoms with Crippen LogP contribution in [-0.4, -0.2) is 37.1 Å². The van der Waals surface area contributed by atoms with Crippen LogP contribution in [0.2, 0.25) is 30.1 Å². The van der Waals surface area contributed by atoms with Gasteiger partial charge < -0.3 is 34.7 Å². The molecule has 0 saturated carbocycles. The largest absolute Gasteiger partial charge is 0.505 e. The van der Waals surface area contributed by atoms with Crippen molar-refractivity contribution in [3.05, 3.63) is 88.3 Å². The number of rotatable bonds is 7. The van der Waals surface area contributed by atoms with E-state index in [2.05, 4.69) is 0 Å². The van der Waals surface area contributed by atoms with Crippen LogP contribution in [0, 0.1) is 0 Å². The van der Waals surface area contributed by atoms with Crippen molar-refractivity contribution < 1.29 is 44.3 Å². The van der Waals surface area contributed by atoms with E-state index in [-0.39, 0.29) is 70.3 Å². The van der Waals surface area contributed by atoms with Crippen LogP contribution in [0.5, 0.6) is 34.8 Å². The maximum atomic E-state index is 13.5. The number of phenolic OH excluding ortho intramolecular Hbond substituents is 2. The third-order valence-electron chi connectivity index (χ3n) is 7.67. The van der Waals surface area contributed by atoms with Crippen LogP contribution in [0.25, 0.3) is 0 Å². The SMILES string of the molecule is O=C(CCCCCc1cc(Cl)c2c(c1Cl)C1(OC2=O)c2cc(Cl)c(O)c(Cl)c2Oc2c1cc(Cl)c(O)c2Cl)On1c(O)ccc1O. The van der Waals surface area contributed by atoms with E-state index < -0.39 is 40.8 Å². The average Bonchev–Trinajstić information content (AvgIpc) is 3.50. The molecule has 0 aliphatic carbocycles. The van der Waals surface area contributed by atoms with Crippen molar-refractivity contribution in [2.45, 2.75) is 37.7 Å². The lowest BCUT2D eigenvalue weighted by atomic mass is 9.76. The standard InChI is InChI=1S/C30H19Cl6NO9/c31-14-8-11(4-2-1-3-5-19(40)46-37-17(38)6-7-18(37)39)22(34)21-20(14)29(43)45-30(21)12-9-15(32)25(41)23(35)27(12)44-28-13(30)10-16(33)26(42)24(28)36/h6-10,38-39,41-42H,1-5H2. The van der Waals surface area contributed by atoms with Crippen LogP contribution in [0.1, 0.15) is 58.3 Å². The molecule has 4 N–H and O–H groups in total. The van der Waals surface area contributed by atoms with Gasteiger partial charge in [0.15, 0.2) is 28.6 Å². The number of hydrogen-bond donors (Lipinski definition) is 4. The average molecular weight is 750 g/mol. The van der Waals surface area contributed by atoms with Gasteiger partial charge in [0.2, 0.25) is 11.8 Å². The van der Waals surface area contributed by atoms with Gasteiger partial charge in [-0.25, -0.2) is 9.59 Å². The molecule has 16 heteroatoms. The Balaban J connectivity index is 1.37. The number of unbranched alkanes of at least 4 members (excludes halogenated alkanes) is 2. The summed E-state index contributed by atoms with van der Waals surface area (Å²) in [4.78, 5) is 30.7. The van der Waals surface area contributed by atoms with E-state index in [1.165, 1.54) is 24.3 Å². The van der Waals surface area contributed by atoms with Crippen LogP contribution in [0.15, 0.2) is 30.3 Å². The molecule has 0 fully saturated rings.